The molecule has 4 nitrogen and oxygen atoms in total. The third-order valence-electron chi connectivity index (χ3n) is 4.57. The summed E-state index contributed by atoms with van der Waals surface area (Å²) in [7, 11) is 0. The van der Waals surface area contributed by atoms with Crippen molar-refractivity contribution in [3.8, 4) is 0 Å². The van der Waals surface area contributed by atoms with E-state index in [4.69, 9.17) is 9.47 Å². The Balaban J connectivity index is 1.59. The second-order valence-electron chi connectivity index (χ2n) is 6.53. The molecule has 120 valence electrons. The molecule has 0 unspecified atom stereocenters. The van der Waals surface area contributed by atoms with Crippen molar-refractivity contribution in [3.05, 3.63) is 42.2 Å². The second kappa shape index (κ2) is 6.90. The number of aryl methyl sites for hydroxylation is 1. The van der Waals surface area contributed by atoms with Crippen LogP contribution in [0.3, 0.4) is 0 Å². The van der Waals surface area contributed by atoms with E-state index in [1.165, 1.54) is 6.42 Å². The van der Waals surface area contributed by atoms with Gasteiger partial charge in [-0.3, -0.25) is 9.88 Å². The summed E-state index contributed by atoms with van der Waals surface area (Å²) in [5, 5.41) is 0. The van der Waals surface area contributed by atoms with Crippen LogP contribution >= 0.6 is 0 Å². The van der Waals surface area contributed by atoms with Crippen molar-refractivity contribution in [3.63, 3.8) is 0 Å². The number of nitrogens with zero attached hydrogens (tertiary/aromatic N) is 2. The van der Waals surface area contributed by atoms with Crippen LogP contribution in [0.5, 0.6) is 0 Å². The predicted molar refractivity (Wildman–Crippen MR) is 86.7 cm³/mol. The molecule has 0 amide bonds. The zero-order valence-corrected chi connectivity index (χ0v) is 13.5. The van der Waals surface area contributed by atoms with Gasteiger partial charge in [0.1, 0.15) is 0 Å². The number of hydrogen-bond donors (Lipinski definition) is 0. The summed E-state index contributed by atoms with van der Waals surface area (Å²) in [6, 6.07) is 6.24. The Bertz CT molecular complexity index is 520. The molecule has 3 rings (SSSR count). The summed E-state index contributed by atoms with van der Waals surface area (Å²) in [4.78, 5) is 7.09. The first-order chi connectivity index (χ1) is 10.7. The Hall–Kier alpha value is -1.23. The topological polar surface area (TPSA) is 34.6 Å². The molecule has 3 heterocycles. The lowest BCUT2D eigenvalue weighted by atomic mass is 9.89. The smallest absolute Gasteiger partial charge is 0.0841 e. The van der Waals surface area contributed by atoms with E-state index in [2.05, 4.69) is 28.6 Å². The lowest BCUT2D eigenvalue weighted by molar-refractivity contribution is -0.0546. The molecule has 2 aliphatic rings. The van der Waals surface area contributed by atoms with Crippen LogP contribution in [-0.4, -0.2) is 47.9 Å². The molecule has 0 aromatic carbocycles. The van der Waals surface area contributed by atoms with E-state index in [0.29, 0.717) is 13.2 Å². The highest BCUT2D eigenvalue weighted by molar-refractivity contribution is 5.10. The minimum atomic E-state index is -0.0199. The maximum atomic E-state index is 6.16. The first-order valence-corrected chi connectivity index (χ1v) is 8.20. The number of piperidine rings is 1. The van der Waals surface area contributed by atoms with Gasteiger partial charge >= 0.3 is 0 Å². The molecule has 2 aliphatic heterocycles. The molecule has 0 saturated carbocycles. The third-order valence-corrected chi connectivity index (χ3v) is 4.57. The van der Waals surface area contributed by atoms with Crippen LogP contribution in [0.1, 0.15) is 30.7 Å². The molecule has 1 aromatic rings. The van der Waals surface area contributed by atoms with Crippen LogP contribution in [-0.2, 0) is 16.0 Å². The van der Waals surface area contributed by atoms with Crippen molar-refractivity contribution in [2.75, 3.05) is 26.3 Å². The van der Waals surface area contributed by atoms with Gasteiger partial charge in [-0.15, -0.1) is 6.58 Å². The van der Waals surface area contributed by atoms with Gasteiger partial charge in [0, 0.05) is 25.2 Å². The Morgan fingerprint density at radius 1 is 1.55 bits per heavy atom. The highest BCUT2D eigenvalue weighted by Crippen LogP contribution is 2.36. The Labute approximate surface area is 133 Å². The first-order valence-electron chi connectivity index (χ1n) is 8.20. The van der Waals surface area contributed by atoms with Gasteiger partial charge in [-0.2, -0.15) is 0 Å². The number of likely N-dealkylation sites (tertiary alicyclic amines) is 1. The highest BCUT2D eigenvalue weighted by atomic mass is 16.6. The van der Waals surface area contributed by atoms with Crippen molar-refractivity contribution in [2.24, 2.45) is 0 Å². The van der Waals surface area contributed by atoms with Crippen LogP contribution < -0.4 is 0 Å². The van der Waals surface area contributed by atoms with Gasteiger partial charge in [0.15, 0.2) is 0 Å². The van der Waals surface area contributed by atoms with E-state index in [1.807, 2.05) is 19.1 Å². The first kappa shape index (κ1) is 15.7. The van der Waals surface area contributed by atoms with Crippen LogP contribution in [0.25, 0.3) is 0 Å². The Morgan fingerprint density at radius 3 is 3.27 bits per heavy atom. The number of pyridine rings is 1. The van der Waals surface area contributed by atoms with Gasteiger partial charge in [-0.1, -0.05) is 12.1 Å². The third kappa shape index (κ3) is 3.75. The minimum Gasteiger partial charge on any atom is -0.372 e. The Morgan fingerprint density at radius 2 is 2.45 bits per heavy atom. The number of ether oxygens (including phenoxy) is 2. The van der Waals surface area contributed by atoms with E-state index >= 15 is 0 Å². The van der Waals surface area contributed by atoms with Gasteiger partial charge in [-0.05, 0) is 38.4 Å². The average molecular weight is 302 g/mol. The van der Waals surface area contributed by atoms with Crippen molar-refractivity contribution < 1.29 is 9.47 Å². The van der Waals surface area contributed by atoms with Crippen molar-refractivity contribution in [1.82, 2.24) is 9.88 Å². The number of rotatable bonds is 5. The van der Waals surface area contributed by atoms with Crippen molar-refractivity contribution in [2.45, 2.75) is 44.4 Å². The van der Waals surface area contributed by atoms with Crippen LogP contribution in [0.4, 0.5) is 0 Å². The van der Waals surface area contributed by atoms with Crippen molar-refractivity contribution >= 4 is 0 Å². The average Bonchev–Trinajstić information content (AvgIpc) is 2.88. The fourth-order valence-corrected chi connectivity index (χ4v) is 3.64. The van der Waals surface area contributed by atoms with E-state index in [-0.39, 0.29) is 11.7 Å². The highest BCUT2D eigenvalue weighted by Gasteiger charge is 2.43. The summed E-state index contributed by atoms with van der Waals surface area (Å²) >= 11 is 0. The molecular formula is C18H26N2O2. The van der Waals surface area contributed by atoms with E-state index in [1.54, 1.807) is 0 Å². The molecule has 1 aromatic heterocycles. The second-order valence-corrected chi connectivity index (χ2v) is 6.53. The van der Waals surface area contributed by atoms with E-state index in [0.717, 1.165) is 43.9 Å². The normalized spacial score (nSPS) is 29.0. The number of hydrogen-bond acceptors (Lipinski definition) is 4. The molecule has 22 heavy (non-hydrogen) atoms. The molecule has 2 fully saturated rings. The fourth-order valence-electron chi connectivity index (χ4n) is 3.64. The SMILES string of the molecule is C=CCO[C@H]1CO[C@]2(CCCN(Cc3cccc(C)n3)C2)C1. The minimum absolute atomic E-state index is 0.0199. The zero-order valence-electron chi connectivity index (χ0n) is 13.5. The summed E-state index contributed by atoms with van der Waals surface area (Å²) in [5.74, 6) is 0. The summed E-state index contributed by atoms with van der Waals surface area (Å²) in [6.07, 6.45) is 5.34. The monoisotopic (exact) mass is 302 g/mol. The van der Waals surface area contributed by atoms with E-state index < -0.39 is 0 Å². The van der Waals surface area contributed by atoms with Gasteiger partial charge < -0.3 is 9.47 Å². The Kier molecular flexibility index (Phi) is 4.91. The maximum absolute atomic E-state index is 6.16. The lowest BCUT2D eigenvalue weighted by Gasteiger charge is -2.39. The summed E-state index contributed by atoms with van der Waals surface area (Å²) in [5.41, 5.74) is 2.21. The lowest BCUT2D eigenvalue weighted by Crippen LogP contribution is -2.47. The van der Waals surface area contributed by atoms with Crippen LogP contribution in [0, 0.1) is 6.92 Å². The molecule has 2 saturated heterocycles. The number of aromatic nitrogens is 1. The standard InChI is InChI=1S/C18H26N2O2/c1-3-10-21-17-11-18(22-13-17)8-5-9-20(14-18)12-16-7-4-6-15(2)19-16/h3-4,6-7,17H,1,5,8-14H2,2H3/t17-,18-/m1/s1. The van der Waals surface area contributed by atoms with Crippen molar-refractivity contribution in [1.29, 1.82) is 0 Å². The van der Waals surface area contributed by atoms with Gasteiger partial charge in [0.2, 0.25) is 0 Å². The van der Waals surface area contributed by atoms with Gasteiger partial charge in [0.05, 0.1) is 30.6 Å². The summed E-state index contributed by atoms with van der Waals surface area (Å²) in [6.45, 7) is 10.1. The zero-order chi connectivity index (χ0) is 15.4. The molecule has 0 radical (unpaired) electrons. The van der Waals surface area contributed by atoms with Gasteiger partial charge in [-0.25, -0.2) is 0 Å². The van der Waals surface area contributed by atoms with Crippen LogP contribution in [0.15, 0.2) is 30.9 Å². The molecule has 1 spiro atoms. The molecule has 2 atom stereocenters. The molecular weight excluding hydrogens is 276 g/mol. The van der Waals surface area contributed by atoms with Gasteiger partial charge in [0.25, 0.3) is 0 Å². The largest absolute Gasteiger partial charge is 0.372 e. The summed E-state index contributed by atoms with van der Waals surface area (Å²) < 4.78 is 11.9. The molecule has 4 heteroatoms. The molecule has 0 bridgehead atoms. The maximum Gasteiger partial charge on any atom is 0.0841 e. The fraction of sp³-hybridized carbons (Fsp3) is 0.611. The quantitative estimate of drug-likeness (QED) is 0.783. The van der Waals surface area contributed by atoms with Crippen LogP contribution in [0.2, 0.25) is 0 Å². The van der Waals surface area contributed by atoms with E-state index in [9.17, 15) is 0 Å². The predicted octanol–water partition coefficient (Wildman–Crippen LogP) is 2.72. The molecule has 0 aliphatic carbocycles. The molecule has 0 N–H and O–H groups in total.